The molecule has 0 radical (unpaired) electrons. The summed E-state index contributed by atoms with van der Waals surface area (Å²) in [6, 6.07) is 0. The van der Waals surface area contributed by atoms with E-state index >= 15 is 0 Å². The van der Waals surface area contributed by atoms with E-state index in [4.69, 9.17) is 11.6 Å². The molecule has 1 nitrogen and oxygen atoms in total. The smallest absolute Gasteiger partial charge is 0.126 e. The number of hydrogen-bond donors (Lipinski definition) is 1. The molecule has 0 heterocycles. The standard InChI is InChI=1S/C7H9ClO/c1-7(9,4-5-8)6-2-3-6/h6,9H,2-3H2,1H3. The van der Waals surface area contributed by atoms with E-state index in [1.807, 2.05) is 0 Å². The molecule has 1 saturated carbocycles. The summed E-state index contributed by atoms with van der Waals surface area (Å²) >= 11 is 5.14. The van der Waals surface area contributed by atoms with Crippen LogP contribution in [0.25, 0.3) is 0 Å². The molecular weight excluding hydrogens is 136 g/mol. The van der Waals surface area contributed by atoms with E-state index < -0.39 is 5.60 Å². The molecule has 0 amide bonds. The lowest BCUT2D eigenvalue weighted by Crippen LogP contribution is -2.23. The van der Waals surface area contributed by atoms with Gasteiger partial charge in [0.15, 0.2) is 0 Å². The van der Waals surface area contributed by atoms with E-state index in [2.05, 4.69) is 11.3 Å². The van der Waals surface area contributed by atoms with Crippen molar-refractivity contribution >= 4 is 11.6 Å². The molecule has 1 unspecified atom stereocenters. The van der Waals surface area contributed by atoms with Gasteiger partial charge in [0.05, 0.1) is 0 Å². The highest BCUT2D eigenvalue weighted by Gasteiger charge is 2.38. The average Bonchev–Trinajstić information content (AvgIpc) is 2.41. The summed E-state index contributed by atoms with van der Waals surface area (Å²) in [4.78, 5) is 0. The lowest BCUT2D eigenvalue weighted by atomic mass is 10.0. The van der Waals surface area contributed by atoms with Gasteiger partial charge >= 0.3 is 0 Å². The number of rotatable bonds is 1. The molecule has 1 N–H and O–H groups in total. The van der Waals surface area contributed by atoms with E-state index in [0.717, 1.165) is 12.8 Å². The van der Waals surface area contributed by atoms with E-state index in [9.17, 15) is 5.11 Å². The Bertz CT molecular complexity index is 159. The van der Waals surface area contributed by atoms with Gasteiger partial charge in [0.2, 0.25) is 0 Å². The minimum Gasteiger partial charge on any atom is -0.378 e. The maximum Gasteiger partial charge on any atom is 0.126 e. The van der Waals surface area contributed by atoms with Crippen LogP contribution < -0.4 is 0 Å². The number of aliphatic hydroxyl groups is 1. The fourth-order valence-corrected chi connectivity index (χ4v) is 1.03. The van der Waals surface area contributed by atoms with Crippen LogP contribution in [0, 0.1) is 17.2 Å². The van der Waals surface area contributed by atoms with Gasteiger partial charge in [-0.25, -0.2) is 0 Å². The second kappa shape index (κ2) is 2.21. The first-order chi connectivity index (χ1) is 4.17. The Balaban J connectivity index is 2.55. The van der Waals surface area contributed by atoms with Gasteiger partial charge in [-0.15, -0.1) is 0 Å². The van der Waals surface area contributed by atoms with Crippen molar-refractivity contribution in [3.8, 4) is 11.3 Å². The molecule has 1 aliphatic rings. The molecule has 50 valence electrons. The van der Waals surface area contributed by atoms with Crippen LogP contribution in [0.4, 0.5) is 0 Å². The highest BCUT2D eigenvalue weighted by molar-refractivity contribution is 6.30. The van der Waals surface area contributed by atoms with Crippen molar-refractivity contribution in [3.05, 3.63) is 0 Å². The lowest BCUT2D eigenvalue weighted by molar-refractivity contribution is 0.0981. The molecule has 0 aliphatic heterocycles. The Hall–Kier alpha value is -0.190. The largest absolute Gasteiger partial charge is 0.378 e. The monoisotopic (exact) mass is 144 g/mol. The van der Waals surface area contributed by atoms with Crippen molar-refractivity contribution in [3.63, 3.8) is 0 Å². The fourth-order valence-electron chi connectivity index (χ4n) is 0.843. The minimum absolute atomic E-state index is 0.365. The molecule has 0 aromatic heterocycles. The summed E-state index contributed by atoms with van der Waals surface area (Å²) in [6.07, 6.45) is 2.16. The van der Waals surface area contributed by atoms with Gasteiger partial charge in [0, 0.05) is 5.38 Å². The zero-order valence-corrected chi connectivity index (χ0v) is 6.07. The Labute approximate surface area is 60.0 Å². The zero-order chi connectivity index (χ0) is 6.91. The highest BCUT2D eigenvalue weighted by Crippen LogP contribution is 2.38. The SMILES string of the molecule is CC(O)(C#CCl)C1CC1. The van der Waals surface area contributed by atoms with Crippen LogP contribution >= 0.6 is 11.6 Å². The summed E-state index contributed by atoms with van der Waals surface area (Å²) in [5.74, 6) is 2.92. The fraction of sp³-hybridized carbons (Fsp3) is 0.714. The summed E-state index contributed by atoms with van der Waals surface area (Å²) in [5, 5.41) is 11.6. The van der Waals surface area contributed by atoms with Crippen molar-refractivity contribution < 1.29 is 5.11 Å². The van der Waals surface area contributed by atoms with Gasteiger partial charge in [-0.3, -0.25) is 0 Å². The maximum absolute atomic E-state index is 9.40. The molecule has 1 aliphatic carbocycles. The third-order valence-corrected chi connectivity index (χ3v) is 1.77. The molecule has 1 atom stereocenters. The second-order valence-corrected chi connectivity index (χ2v) is 2.83. The Kier molecular flexibility index (Phi) is 1.70. The van der Waals surface area contributed by atoms with Crippen LogP contribution in [0.2, 0.25) is 0 Å². The van der Waals surface area contributed by atoms with Gasteiger partial charge in [-0.1, -0.05) is 5.92 Å². The zero-order valence-electron chi connectivity index (χ0n) is 5.32. The molecule has 0 saturated heterocycles. The maximum atomic E-state index is 9.40. The Morgan fingerprint density at radius 2 is 2.22 bits per heavy atom. The predicted octanol–water partition coefficient (Wildman–Crippen LogP) is 1.35. The summed E-state index contributed by atoms with van der Waals surface area (Å²) in [6.45, 7) is 1.71. The van der Waals surface area contributed by atoms with Crippen LogP contribution in [-0.2, 0) is 0 Å². The molecule has 0 aromatic rings. The predicted molar refractivity (Wildman–Crippen MR) is 37.0 cm³/mol. The van der Waals surface area contributed by atoms with Crippen LogP contribution in [0.5, 0.6) is 0 Å². The van der Waals surface area contributed by atoms with Gasteiger partial charge in [-0.05, 0) is 37.3 Å². The van der Waals surface area contributed by atoms with E-state index in [1.54, 1.807) is 6.92 Å². The molecule has 1 fully saturated rings. The normalized spacial score (nSPS) is 23.9. The lowest BCUT2D eigenvalue weighted by Gasteiger charge is -2.13. The molecule has 2 heteroatoms. The molecule has 0 bridgehead atoms. The van der Waals surface area contributed by atoms with Crippen molar-refractivity contribution in [2.75, 3.05) is 0 Å². The summed E-state index contributed by atoms with van der Waals surface area (Å²) < 4.78 is 0. The van der Waals surface area contributed by atoms with Crippen molar-refractivity contribution in [1.82, 2.24) is 0 Å². The quantitative estimate of drug-likeness (QED) is 0.551. The number of halogens is 1. The van der Waals surface area contributed by atoms with Gasteiger partial charge in [0.25, 0.3) is 0 Å². The van der Waals surface area contributed by atoms with Crippen LogP contribution in [0.3, 0.4) is 0 Å². The first-order valence-corrected chi connectivity index (χ1v) is 3.40. The molecule has 1 rings (SSSR count). The highest BCUT2D eigenvalue weighted by atomic mass is 35.5. The van der Waals surface area contributed by atoms with Gasteiger partial charge < -0.3 is 5.11 Å². The van der Waals surface area contributed by atoms with Gasteiger partial charge in [-0.2, -0.15) is 0 Å². The third-order valence-electron chi connectivity index (χ3n) is 1.67. The van der Waals surface area contributed by atoms with Crippen molar-refractivity contribution in [2.45, 2.75) is 25.4 Å². The van der Waals surface area contributed by atoms with E-state index in [1.165, 1.54) is 0 Å². The minimum atomic E-state index is -0.832. The van der Waals surface area contributed by atoms with Crippen molar-refractivity contribution in [1.29, 1.82) is 0 Å². The molecule has 0 spiro atoms. The Morgan fingerprint density at radius 3 is 2.56 bits per heavy atom. The first kappa shape index (κ1) is 6.92. The molecule has 0 aromatic carbocycles. The second-order valence-electron chi connectivity index (χ2n) is 2.64. The molecule has 9 heavy (non-hydrogen) atoms. The van der Waals surface area contributed by atoms with Crippen LogP contribution in [-0.4, -0.2) is 10.7 Å². The number of hydrogen-bond acceptors (Lipinski definition) is 1. The van der Waals surface area contributed by atoms with E-state index in [0.29, 0.717) is 5.92 Å². The summed E-state index contributed by atoms with van der Waals surface area (Å²) in [5.41, 5.74) is -0.832. The van der Waals surface area contributed by atoms with Crippen LogP contribution in [0.1, 0.15) is 19.8 Å². The summed E-state index contributed by atoms with van der Waals surface area (Å²) in [7, 11) is 0. The van der Waals surface area contributed by atoms with Crippen molar-refractivity contribution in [2.24, 2.45) is 5.92 Å². The topological polar surface area (TPSA) is 20.2 Å². The molecular formula is C7H9ClO. The Morgan fingerprint density at radius 1 is 1.67 bits per heavy atom. The first-order valence-electron chi connectivity index (χ1n) is 3.02. The third kappa shape index (κ3) is 1.61. The van der Waals surface area contributed by atoms with E-state index in [-0.39, 0.29) is 0 Å². The van der Waals surface area contributed by atoms with Gasteiger partial charge in [0.1, 0.15) is 5.60 Å². The average molecular weight is 145 g/mol. The van der Waals surface area contributed by atoms with Crippen LogP contribution in [0.15, 0.2) is 0 Å².